The van der Waals surface area contributed by atoms with Crippen molar-refractivity contribution in [3.63, 3.8) is 0 Å². The summed E-state index contributed by atoms with van der Waals surface area (Å²) in [6, 6.07) is 0. The fraction of sp³-hybridized carbons (Fsp3) is 0.923. The predicted molar refractivity (Wildman–Crippen MR) is 74.9 cm³/mol. The molecule has 1 aliphatic carbocycles. The third-order valence-corrected chi connectivity index (χ3v) is 5.63. The van der Waals surface area contributed by atoms with E-state index < -0.39 is 9.75 Å². The number of halogens is 2. The van der Waals surface area contributed by atoms with Crippen molar-refractivity contribution < 1.29 is 9.90 Å². The van der Waals surface area contributed by atoms with Crippen LogP contribution in [0.15, 0.2) is 0 Å². The molecule has 0 aromatic carbocycles. The molecule has 0 heterocycles. The van der Waals surface area contributed by atoms with Gasteiger partial charge in [0, 0.05) is 13.2 Å². The minimum absolute atomic E-state index is 0.0308. The normalized spacial score (nSPS) is 25.9. The largest absolute Gasteiger partial charge is 0.396 e. The Balaban J connectivity index is 2.56. The van der Waals surface area contributed by atoms with Crippen LogP contribution < -0.4 is 5.32 Å². The van der Waals surface area contributed by atoms with Crippen molar-refractivity contribution in [3.8, 4) is 0 Å². The maximum Gasteiger partial charge on any atom is 0.229 e. The highest BCUT2D eigenvalue weighted by Gasteiger charge is 2.67. The molecule has 1 saturated carbocycles. The van der Waals surface area contributed by atoms with Crippen LogP contribution >= 0.6 is 23.2 Å². The molecule has 18 heavy (non-hydrogen) atoms. The number of rotatable bonds is 7. The van der Waals surface area contributed by atoms with Crippen LogP contribution in [0.2, 0.25) is 0 Å². The third-order valence-electron chi connectivity index (χ3n) is 4.53. The Labute approximate surface area is 119 Å². The lowest BCUT2D eigenvalue weighted by Gasteiger charge is -2.32. The lowest BCUT2D eigenvalue weighted by atomic mass is 9.79. The van der Waals surface area contributed by atoms with Crippen LogP contribution in [-0.4, -0.2) is 28.5 Å². The molecule has 0 bridgehead atoms. The first-order valence-corrected chi connectivity index (χ1v) is 7.29. The van der Waals surface area contributed by atoms with Crippen LogP contribution in [0.25, 0.3) is 0 Å². The van der Waals surface area contributed by atoms with E-state index in [1.54, 1.807) is 6.92 Å². The number of aliphatic hydroxyl groups excluding tert-OH is 1. The molecule has 3 nitrogen and oxygen atoms in total. The molecular weight excluding hydrogens is 273 g/mol. The van der Waals surface area contributed by atoms with E-state index in [1.165, 1.54) is 0 Å². The summed E-state index contributed by atoms with van der Waals surface area (Å²) in [5.74, 6) is -0.0864. The molecule has 1 rings (SSSR count). The molecule has 1 fully saturated rings. The minimum Gasteiger partial charge on any atom is -0.396 e. The first-order chi connectivity index (χ1) is 8.27. The Morgan fingerprint density at radius 3 is 2.22 bits per heavy atom. The van der Waals surface area contributed by atoms with Crippen LogP contribution in [0.4, 0.5) is 0 Å². The number of carbonyl (C=O) groups excluding carboxylic acids is 1. The zero-order valence-corrected chi connectivity index (χ0v) is 12.9. The van der Waals surface area contributed by atoms with Gasteiger partial charge in [0.05, 0.1) is 5.41 Å². The lowest BCUT2D eigenvalue weighted by molar-refractivity contribution is -0.126. The van der Waals surface area contributed by atoms with E-state index in [1.807, 2.05) is 0 Å². The Kier molecular flexibility index (Phi) is 4.96. The van der Waals surface area contributed by atoms with Gasteiger partial charge in [-0.25, -0.2) is 0 Å². The van der Waals surface area contributed by atoms with Crippen LogP contribution in [0.5, 0.6) is 0 Å². The van der Waals surface area contributed by atoms with E-state index in [2.05, 4.69) is 19.2 Å². The van der Waals surface area contributed by atoms with Gasteiger partial charge in [0.2, 0.25) is 5.91 Å². The van der Waals surface area contributed by atoms with Gasteiger partial charge >= 0.3 is 0 Å². The highest BCUT2D eigenvalue weighted by atomic mass is 35.5. The predicted octanol–water partition coefficient (Wildman–Crippen LogP) is 2.88. The van der Waals surface area contributed by atoms with Crippen molar-refractivity contribution in [3.05, 3.63) is 0 Å². The number of amides is 1. The highest BCUT2D eigenvalue weighted by Crippen LogP contribution is 2.63. The first kappa shape index (κ1) is 16.1. The van der Waals surface area contributed by atoms with E-state index >= 15 is 0 Å². The molecule has 106 valence electrons. The maximum atomic E-state index is 12.1. The van der Waals surface area contributed by atoms with Gasteiger partial charge in [0.25, 0.3) is 0 Å². The summed E-state index contributed by atoms with van der Waals surface area (Å²) in [4.78, 5) is 12.1. The minimum atomic E-state index is -0.921. The molecule has 1 atom stereocenters. The van der Waals surface area contributed by atoms with Gasteiger partial charge in [-0.1, -0.05) is 13.8 Å². The molecule has 1 unspecified atom stereocenters. The molecule has 5 heteroatoms. The molecule has 1 amide bonds. The lowest BCUT2D eigenvalue weighted by Crippen LogP contribution is -2.41. The standard InChI is InChI=1S/C13H23Cl2NO2/c1-4-12(5-2,6-7-17)9-16-10(18)11(3)8-13(11,14)15/h17H,4-9H2,1-3H3,(H,16,18). The summed E-state index contributed by atoms with van der Waals surface area (Å²) < 4.78 is -0.921. The molecule has 0 saturated heterocycles. The molecular formula is C13H23Cl2NO2. The highest BCUT2D eigenvalue weighted by molar-refractivity contribution is 6.53. The molecule has 0 spiro atoms. The average molecular weight is 296 g/mol. The van der Waals surface area contributed by atoms with Gasteiger partial charge in [-0.2, -0.15) is 0 Å². The van der Waals surface area contributed by atoms with Crippen molar-refractivity contribution in [2.75, 3.05) is 13.2 Å². The van der Waals surface area contributed by atoms with E-state index in [0.29, 0.717) is 19.4 Å². The quantitative estimate of drug-likeness (QED) is 0.710. The fourth-order valence-electron chi connectivity index (χ4n) is 2.29. The Morgan fingerprint density at radius 1 is 1.39 bits per heavy atom. The average Bonchev–Trinajstić information content (AvgIpc) is 2.85. The number of nitrogens with one attached hydrogen (secondary N) is 1. The zero-order valence-electron chi connectivity index (χ0n) is 11.4. The molecule has 2 N–H and O–H groups in total. The number of hydrogen-bond acceptors (Lipinski definition) is 2. The summed E-state index contributed by atoms with van der Waals surface area (Å²) in [5, 5.41) is 12.1. The SMILES string of the molecule is CCC(CC)(CCO)CNC(=O)C1(C)CC1(Cl)Cl. The van der Waals surface area contributed by atoms with Gasteiger partial charge in [-0.15, -0.1) is 23.2 Å². The van der Waals surface area contributed by atoms with Crippen molar-refractivity contribution in [2.24, 2.45) is 10.8 Å². The fourth-order valence-corrected chi connectivity index (χ4v) is 2.99. The van der Waals surface area contributed by atoms with Gasteiger partial charge in [0.15, 0.2) is 0 Å². The molecule has 0 aromatic heterocycles. The summed E-state index contributed by atoms with van der Waals surface area (Å²) in [6.45, 7) is 6.66. The second-order valence-corrected chi connectivity index (χ2v) is 7.06. The van der Waals surface area contributed by atoms with Crippen LogP contribution in [0.1, 0.15) is 46.5 Å². The number of hydrogen-bond donors (Lipinski definition) is 2. The van der Waals surface area contributed by atoms with Gasteiger partial charge in [0.1, 0.15) is 4.33 Å². The van der Waals surface area contributed by atoms with E-state index in [4.69, 9.17) is 28.3 Å². The molecule has 0 aliphatic heterocycles. The van der Waals surface area contributed by atoms with Crippen LogP contribution in [-0.2, 0) is 4.79 Å². The summed E-state index contributed by atoms with van der Waals surface area (Å²) in [7, 11) is 0. The van der Waals surface area contributed by atoms with Crippen molar-refractivity contribution in [2.45, 2.75) is 50.8 Å². The Morgan fingerprint density at radius 2 is 1.89 bits per heavy atom. The van der Waals surface area contributed by atoms with Crippen LogP contribution in [0.3, 0.4) is 0 Å². The molecule has 0 aromatic rings. The maximum absolute atomic E-state index is 12.1. The van der Waals surface area contributed by atoms with Crippen molar-refractivity contribution in [1.29, 1.82) is 0 Å². The topological polar surface area (TPSA) is 49.3 Å². The zero-order chi connectivity index (χ0) is 14.0. The molecule has 0 radical (unpaired) electrons. The van der Waals surface area contributed by atoms with Gasteiger partial charge < -0.3 is 10.4 Å². The van der Waals surface area contributed by atoms with E-state index in [9.17, 15) is 4.79 Å². The molecule has 1 aliphatic rings. The second kappa shape index (κ2) is 5.56. The number of carbonyl (C=O) groups is 1. The van der Waals surface area contributed by atoms with Gasteiger partial charge in [-0.3, -0.25) is 4.79 Å². The third kappa shape index (κ3) is 2.94. The van der Waals surface area contributed by atoms with Gasteiger partial charge in [-0.05, 0) is 38.0 Å². The Bertz CT molecular complexity index is 316. The van der Waals surface area contributed by atoms with Crippen molar-refractivity contribution >= 4 is 29.1 Å². The van der Waals surface area contributed by atoms with E-state index in [0.717, 1.165) is 12.8 Å². The Hall–Kier alpha value is 0.01000. The van der Waals surface area contributed by atoms with E-state index in [-0.39, 0.29) is 17.9 Å². The smallest absolute Gasteiger partial charge is 0.229 e. The number of alkyl halides is 2. The monoisotopic (exact) mass is 295 g/mol. The second-order valence-electron chi connectivity index (χ2n) is 5.58. The first-order valence-electron chi connectivity index (χ1n) is 6.54. The van der Waals surface area contributed by atoms with Crippen LogP contribution in [0, 0.1) is 10.8 Å². The summed E-state index contributed by atoms with van der Waals surface area (Å²) >= 11 is 12.0. The van der Waals surface area contributed by atoms with Crippen molar-refractivity contribution in [1.82, 2.24) is 5.32 Å². The summed E-state index contributed by atoms with van der Waals surface area (Å²) in [6.07, 6.45) is 3.05. The summed E-state index contributed by atoms with van der Waals surface area (Å²) in [5.41, 5.74) is -0.695. The number of aliphatic hydroxyl groups is 1.